The quantitative estimate of drug-likeness (QED) is 0.743. The van der Waals surface area contributed by atoms with E-state index in [9.17, 15) is 4.79 Å². The van der Waals surface area contributed by atoms with Gasteiger partial charge >= 0.3 is 0 Å². The number of amides is 1. The predicted octanol–water partition coefficient (Wildman–Crippen LogP) is 1.39. The van der Waals surface area contributed by atoms with Gasteiger partial charge in [0.25, 0.3) is 0 Å². The number of hydrogen-bond donors (Lipinski definition) is 1. The van der Waals surface area contributed by atoms with Gasteiger partial charge in [-0.1, -0.05) is 0 Å². The molecular weight excluding hydrogens is 188 g/mol. The zero-order chi connectivity index (χ0) is 10.9. The summed E-state index contributed by atoms with van der Waals surface area (Å²) >= 11 is 0. The van der Waals surface area contributed by atoms with E-state index in [-0.39, 0.29) is 11.4 Å². The molecule has 1 aliphatic carbocycles. The standard InChI is InChI=1S/C12H22N2O/c1-12(6-7-12)13-11(15)5-3-4-10-8-14(2)9-10/h10H,3-9H2,1-2H3,(H,13,15). The molecule has 0 aromatic heterocycles. The topological polar surface area (TPSA) is 32.3 Å². The summed E-state index contributed by atoms with van der Waals surface area (Å²) in [5, 5.41) is 3.10. The Balaban J connectivity index is 1.52. The maximum Gasteiger partial charge on any atom is 0.220 e. The van der Waals surface area contributed by atoms with Crippen LogP contribution in [0.1, 0.15) is 39.0 Å². The van der Waals surface area contributed by atoms with Crippen LogP contribution in [0.3, 0.4) is 0 Å². The van der Waals surface area contributed by atoms with Crippen molar-refractivity contribution in [1.29, 1.82) is 0 Å². The molecule has 1 N–H and O–H groups in total. The van der Waals surface area contributed by atoms with E-state index in [0.29, 0.717) is 0 Å². The SMILES string of the molecule is CN1CC(CCCC(=O)NC2(C)CC2)C1. The average Bonchev–Trinajstić information content (AvgIpc) is 2.80. The van der Waals surface area contributed by atoms with Crippen molar-refractivity contribution in [2.24, 2.45) is 5.92 Å². The van der Waals surface area contributed by atoms with E-state index in [1.165, 1.54) is 19.5 Å². The Labute approximate surface area is 92.2 Å². The molecule has 1 amide bonds. The second-order valence-electron chi connectivity index (χ2n) is 5.59. The molecule has 86 valence electrons. The maximum atomic E-state index is 11.5. The van der Waals surface area contributed by atoms with Crippen LogP contribution in [0.25, 0.3) is 0 Å². The minimum absolute atomic E-state index is 0.160. The first-order chi connectivity index (χ1) is 7.07. The molecule has 3 heteroatoms. The first-order valence-corrected chi connectivity index (χ1v) is 6.07. The van der Waals surface area contributed by atoms with Crippen LogP contribution in [0, 0.1) is 5.92 Å². The molecule has 0 bridgehead atoms. The van der Waals surface area contributed by atoms with Crippen LogP contribution >= 0.6 is 0 Å². The first kappa shape index (κ1) is 10.9. The molecule has 3 nitrogen and oxygen atoms in total. The summed E-state index contributed by atoms with van der Waals surface area (Å²) in [5.74, 6) is 1.10. The lowest BCUT2D eigenvalue weighted by Crippen LogP contribution is -2.43. The molecule has 1 aliphatic heterocycles. The summed E-state index contributed by atoms with van der Waals surface area (Å²) < 4.78 is 0. The molecule has 0 aromatic rings. The highest BCUT2D eigenvalue weighted by molar-refractivity contribution is 5.77. The Bertz CT molecular complexity index is 242. The van der Waals surface area contributed by atoms with E-state index >= 15 is 0 Å². The number of likely N-dealkylation sites (tertiary alicyclic amines) is 1. The predicted molar refractivity (Wildman–Crippen MR) is 60.6 cm³/mol. The van der Waals surface area contributed by atoms with Gasteiger partial charge in [0.2, 0.25) is 5.91 Å². The van der Waals surface area contributed by atoms with Crippen LogP contribution in [-0.4, -0.2) is 36.5 Å². The van der Waals surface area contributed by atoms with Gasteiger partial charge in [0.15, 0.2) is 0 Å². The van der Waals surface area contributed by atoms with Gasteiger partial charge < -0.3 is 10.2 Å². The van der Waals surface area contributed by atoms with E-state index in [1.807, 2.05) is 0 Å². The zero-order valence-electron chi connectivity index (χ0n) is 9.88. The van der Waals surface area contributed by atoms with Crippen molar-refractivity contribution in [1.82, 2.24) is 10.2 Å². The number of hydrogen-bond acceptors (Lipinski definition) is 2. The highest BCUT2D eigenvalue weighted by atomic mass is 16.1. The molecule has 0 spiro atoms. The van der Waals surface area contributed by atoms with Gasteiger partial charge in [-0.2, -0.15) is 0 Å². The van der Waals surface area contributed by atoms with Gasteiger partial charge in [-0.15, -0.1) is 0 Å². The van der Waals surface area contributed by atoms with E-state index in [0.717, 1.165) is 31.6 Å². The Morgan fingerprint density at radius 2 is 2.13 bits per heavy atom. The van der Waals surface area contributed by atoms with Crippen molar-refractivity contribution in [3.63, 3.8) is 0 Å². The van der Waals surface area contributed by atoms with Crippen molar-refractivity contribution in [2.45, 2.75) is 44.6 Å². The van der Waals surface area contributed by atoms with Crippen molar-refractivity contribution < 1.29 is 4.79 Å². The van der Waals surface area contributed by atoms with Crippen molar-refractivity contribution in [3.05, 3.63) is 0 Å². The fourth-order valence-electron chi connectivity index (χ4n) is 2.27. The smallest absolute Gasteiger partial charge is 0.220 e. The molecule has 15 heavy (non-hydrogen) atoms. The van der Waals surface area contributed by atoms with E-state index in [1.54, 1.807) is 0 Å². The maximum absolute atomic E-state index is 11.5. The Morgan fingerprint density at radius 3 is 2.67 bits per heavy atom. The number of rotatable bonds is 5. The number of nitrogens with zero attached hydrogens (tertiary/aromatic N) is 1. The molecule has 2 aliphatic rings. The number of carbonyl (C=O) groups is 1. The van der Waals surface area contributed by atoms with Crippen LogP contribution in [0.15, 0.2) is 0 Å². The minimum Gasteiger partial charge on any atom is -0.351 e. The first-order valence-electron chi connectivity index (χ1n) is 6.07. The normalized spacial score (nSPS) is 24.7. The second kappa shape index (κ2) is 4.12. The Kier molecular flexibility index (Phi) is 3.01. The molecule has 0 atom stereocenters. The highest BCUT2D eigenvalue weighted by Crippen LogP contribution is 2.34. The van der Waals surface area contributed by atoms with Crippen LogP contribution in [0.2, 0.25) is 0 Å². The molecule has 2 rings (SSSR count). The summed E-state index contributed by atoms with van der Waals surface area (Å²) in [6, 6.07) is 0. The summed E-state index contributed by atoms with van der Waals surface area (Å²) in [4.78, 5) is 13.9. The van der Waals surface area contributed by atoms with Gasteiger partial charge in [-0.3, -0.25) is 4.79 Å². The van der Waals surface area contributed by atoms with Crippen molar-refractivity contribution in [3.8, 4) is 0 Å². The lowest BCUT2D eigenvalue weighted by Gasteiger charge is -2.36. The zero-order valence-corrected chi connectivity index (χ0v) is 9.88. The van der Waals surface area contributed by atoms with E-state index < -0.39 is 0 Å². The molecule has 2 fully saturated rings. The average molecular weight is 210 g/mol. The summed E-state index contributed by atoms with van der Waals surface area (Å²) in [6.45, 7) is 4.57. The van der Waals surface area contributed by atoms with Gasteiger partial charge in [0.05, 0.1) is 0 Å². The summed E-state index contributed by atoms with van der Waals surface area (Å²) in [6.07, 6.45) is 5.31. The number of nitrogens with one attached hydrogen (secondary N) is 1. The molecule has 0 aromatic carbocycles. The molecule has 0 radical (unpaired) electrons. The lowest BCUT2D eigenvalue weighted by molar-refractivity contribution is -0.122. The fourth-order valence-corrected chi connectivity index (χ4v) is 2.27. The van der Waals surface area contributed by atoms with Crippen molar-refractivity contribution in [2.75, 3.05) is 20.1 Å². The summed E-state index contributed by atoms with van der Waals surface area (Å²) in [5.41, 5.74) is 0.160. The van der Waals surface area contributed by atoms with Gasteiger partial charge in [0.1, 0.15) is 0 Å². The third kappa shape index (κ3) is 3.20. The fraction of sp³-hybridized carbons (Fsp3) is 0.917. The van der Waals surface area contributed by atoms with Gasteiger partial charge in [-0.05, 0) is 45.6 Å². The second-order valence-corrected chi connectivity index (χ2v) is 5.59. The monoisotopic (exact) mass is 210 g/mol. The molecular formula is C12H22N2O. The number of carbonyl (C=O) groups excluding carboxylic acids is 1. The third-order valence-electron chi connectivity index (χ3n) is 3.60. The lowest BCUT2D eigenvalue weighted by atomic mass is 9.94. The van der Waals surface area contributed by atoms with Crippen LogP contribution in [-0.2, 0) is 4.79 Å². The van der Waals surface area contributed by atoms with Crippen LogP contribution in [0.4, 0.5) is 0 Å². The third-order valence-corrected chi connectivity index (χ3v) is 3.60. The Hall–Kier alpha value is -0.570. The highest BCUT2D eigenvalue weighted by Gasteiger charge is 2.38. The molecule has 0 unspecified atom stereocenters. The molecule has 1 heterocycles. The van der Waals surface area contributed by atoms with E-state index in [4.69, 9.17) is 0 Å². The Morgan fingerprint density at radius 1 is 1.47 bits per heavy atom. The van der Waals surface area contributed by atoms with Crippen molar-refractivity contribution >= 4 is 5.91 Å². The van der Waals surface area contributed by atoms with Crippen LogP contribution in [0.5, 0.6) is 0 Å². The van der Waals surface area contributed by atoms with Gasteiger partial charge in [0, 0.05) is 25.0 Å². The largest absolute Gasteiger partial charge is 0.351 e. The van der Waals surface area contributed by atoms with Crippen LogP contribution < -0.4 is 5.32 Å². The van der Waals surface area contributed by atoms with Gasteiger partial charge in [-0.25, -0.2) is 0 Å². The minimum atomic E-state index is 0.160. The summed E-state index contributed by atoms with van der Waals surface area (Å²) in [7, 11) is 2.15. The van der Waals surface area contributed by atoms with E-state index in [2.05, 4.69) is 24.2 Å². The molecule has 1 saturated carbocycles. The molecule has 1 saturated heterocycles.